The van der Waals surface area contributed by atoms with Crippen molar-refractivity contribution in [2.24, 2.45) is 0 Å². The summed E-state index contributed by atoms with van der Waals surface area (Å²) in [4.78, 5) is 20.0. The number of pyridine rings is 1. The fourth-order valence-electron chi connectivity index (χ4n) is 2.91. The lowest BCUT2D eigenvalue weighted by Gasteiger charge is -2.04. The van der Waals surface area contributed by atoms with Crippen LogP contribution in [0, 0.1) is 0 Å². The predicted molar refractivity (Wildman–Crippen MR) is 115 cm³/mol. The standard InChI is InChI=1S/C21H17BrN4OS/c22-16-10-11-19(23-12-16)25-20(27)14-28-21-24-17-8-4-5-9-18(17)26(21)13-15-6-2-1-3-7-15/h1-12H,13-14H2,(H,23,25,27)/p+1. The summed E-state index contributed by atoms with van der Waals surface area (Å²) in [6.45, 7) is 0.739. The normalized spacial score (nSPS) is 10.9. The average molecular weight is 454 g/mol. The molecule has 0 radical (unpaired) electrons. The number of para-hydroxylation sites is 2. The molecule has 2 heterocycles. The first-order valence-corrected chi connectivity index (χ1v) is 10.6. The fourth-order valence-corrected chi connectivity index (χ4v) is 3.98. The lowest BCUT2D eigenvalue weighted by atomic mass is 10.2. The summed E-state index contributed by atoms with van der Waals surface area (Å²) in [6, 6.07) is 22.1. The molecule has 0 aliphatic carbocycles. The van der Waals surface area contributed by atoms with Gasteiger partial charge in [-0.15, -0.1) is 0 Å². The van der Waals surface area contributed by atoms with Gasteiger partial charge in [-0.1, -0.05) is 42.5 Å². The zero-order valence-corrected chi connectivity index (χ0v) is 17.3. The Morgan fingerprint density at radius 2 is 1.86 bits per heavy atom. The molecule has 0 bridgehead atoms. The molecule has 2 N–H and O–H groups in total. The van der Waals surface area contributed by atoms with E-state index < -0.39 is 0 Å². The van der Waals surface area contributed by atoms with Crippen molar-refractivity contribution >= 4 is 50.5 Å². The smallest absolute Gasteiger partial charge is 0.310 e. The highest BCUT2D eigenvalue weighted by Crippen LogP contribution is 2.19. The number of carbonyl (C=O) groups excluding carboxylic acids is 1. The number of nitrogens with one attached hydrogen (secondary N) is 2. The number of benzene rings is 2. The van der Waals surface area contributed by atoms with Crippen LogP contribution in [0.25, 0.3) is 11.0 Å². The largest absolute Gasteiger partial charge is 0.317 e. The van der Waals surface area contributed by atoms with Crippen LogP contribution in [0.5, 0.6) is 0 Å². The van der Waals surface area contributed by atoms with Crippen molar-refractivity contribution in [2.75, 3.05) is 11.1 Å². The topological polar surface area (TPSA) is 61.7 Å². The number of H-pyrrole nitrogens is 1. The van der Waals surface area contributed by atoms with E-state index in [1.807, 2.05) is 42.5 Å². The van der Waals surface area contributed by atoms with E-state index in [0.29, 0.717) is 11.6 Å². The van der Waals surface area contributed by atoms with Gasteiger partial charge >= 0.3 is 5.16 Å². The van der Waals surface area contributed by atoms with Gasteiger partial charge in [0.05, 0.1) is 5.75 Å². The maximum atomic E-state index is 12.3. The second-order valence-electron chi connectivity index (χ2n) is 6.22. The minimum atomic E-state index is -0.0928. The Balaban J connectivity index is 1.52. The van der Waals surface area contributed by atoms with Gasteiger partial charge in [-0.25, -0.2) is 14.5 Å². The quantitative estimate of drug-likeness (QED) is 0.336. The number of fused-ring (bicyclic) bond motifs is 1. The van der Waals surface area contributed by atoms with Crippen LogP contribution in [0.4, 0.5) is 5.82 Å². The summed E-state index contributed by atoms with van der Waals surface area (Å²) in [7, 11) is 0. The summed E-state index contributed by atoms with van der Waals surface area (Å²) in [6.07, 6.45) is 1.66. The number of hydrogen-bond donors (Lipinski definition) is 2. The van der Waals surface area contributed by atoms with Crippen molar-refractivity contribution in [1.29, 1.82) is 0 Å². The summed E-state index contributed by atoms with van der Waals surface area (Å²) < 4.78 is 3.08. The Morgan fingerprint density at radius 1 is 1.07 bits per heavy atom. The molecule has 0 aliphatic rings. The number of nitrogens with zero attached hydrogens (tertiary/aromatic N) is 2. The molecule has 7 heteroatoms. The van der Waals surface area contributed by atoms with E-state index in [4.69, 9.17) is 0 Å². The monoisotopic (exact) mass is 453 g/mol. The van der Waals surface area contributed by atoms with Gasteiger partial charge < -0.3 is 5.32 Å². The molecule has 0 saturated carbocycles. The molecule has 28 heavy (non-hydrogen) atoms. The molecule has 0 atom stereocenters. The van der Waals surface area contributed by atoms with E-state index in [9.17, 15) is 4.79 Å². The molecule has 0 spiro atoms. The Labute approximate surface area is 175 Å². The molecular formula is C21H18BrN4OS+. The highest BCUT2D eigenvalue weighted by atomic mass is 79.9. The number of amides is 1. The third kappa shape index (κ3) is 4.43. The van der Waals surface area contributed by atoms with E-state index in [0.717, 1.165) is 27.2 Å². The molecule has 0 saturated heterocycles. The van der Waals surface area contributed by atoms with Crippen LogP contribution in [0.1, 0.15) is 5.56 Å². The van der Waals surface area contributed by atoms with Gasteiger partial charge in [-0.2, -0.15) is 0 Å². The van der Waals surface area contributed by atoms with Crippen LogP contribution in [0.15, 0.2) is 82.6 Å². The highest BCUT2D eigenvalue weighted by Gasteiger charge is 2.20. The summed E-state index contributed by atoms with van der Waals surface area (Å²) >= 11 is 4.82. The first-order chi connectivity index (χ1) is 13.7. The Bertz CT molecular complexity index is 1100. The lowest BCUT2D eigenvalue weighted by molar-refractivity contribution is -0.700. The molecular weight excluding hydrogens is 436 g/mol. The maximum absolute atomic E-state index is 12.3. The van der Waals surface area contributed by atoms with Gasteiger partial charge in [0.1, 0.15) is 12.4 Å². The van der Waals surface area contributed by atoms with Crippen molar-refractivity contribution in [3.05, 3.63) is 83.0 Å². The Hall–Kier alpha value is -2.64. The maximum Gasteiger partial charge on any atom is 0.317 e. The minimum absolute atomic E-state index is 0.0928. The molecule has 4 rings (SSSR count). The van der Waals surface area contributed by atoms with Crippen LogP contribution in [-0.2, 0) is 11.3 Å². The first kappa shape index (κ1) is 18.7. The number of imidazole rings is 1. The third-order valence-corrected chi connectivity index (χ3v) is 5.67. The number of aromatic nitrogens is 3. The fraction of sp³-hybridized carbons (Fsp3) is 0.0952. The Morgan fingerprint density at radius 3 is 2.64 bits per heavy atom. The lowest BCUT2D eigenvalue weighted by Crippen LogP contribution is -2.35. The molecule has 2 aromatic carbocycles. The van der Waals surface area contributed by atoms with Crippen LogP contribution in [-0.4, -0.2) is 21.6 Å². The van der Waals surface area contributed by atoms with Crippen molar-refractivity contribution in [1.82, 2.24) is 9.97 Å². The highest BCUT2D eigenvalue weighted by molar-refractivity contribution is 9.10. The molecule has 4 aromatic rings. The number of thioether (sulfide) groups is 1. The molecule has 140 valence electrons. The van der Waals surface area contributed by atoms with E-state index in [-0.39, 0.29) is 5.91 Å². The zero-order valence-electron chi connectivity index (χ0n) is 14.9. The number of halogens is 1. The third-order valence-electron chi connectivity index (χ3n) is 4.20. The minimum Gasteiger partial charge on any atom is -0.310 e. The van der Waals surface area contributed by atoms with Crippen molar-refractivity contribution < 1.29 is 9.36 Å². The summed E-state index contributed by atoms with van der Waals surface area (Å²) in [5.41, 5.74) is 3.38. The number of hydrogen-bond acceptors (Lipinski definition) is 3. The molecule has 5 nitrogen and oxygen atoms in total. The second-order valence-corrected chi connectivity index (χ2v) is 8.10. The molecule has 1 amide bonds. The molecule has 0 aliphatic heterocycles. The van der Waals surface area contributed by atoms with Gasteiger partial charge in [-0.05, 0) is 57.5 Å². The van der Waals surface area contributed by atoms with Gasteiger partial charge in [0, 0.05) is 10.7 Å². The van der Waals surface area contributed by atoms with Crippen LogP contribution >= 0.6 is 27.7 Å². The average Bonchev–Trinajstić information content (AvgIpc) is 3.06. The van der Waals surface area contributed by atoms with Gasteiger partial charge in [0.15, 0.2) is 11.0 Å². The molecule has 0 fully saturated rings. The summed E-state index contributed by atoms with van der Waals surface area (Å²) in [5.74, 6) is 0.742. The van der Waals surface area contributed by atoms with E-state index >= 15 is 0 Å². The predicted octanol–water partition coefficient (Wildman–Crippen LogP) is 4.39. The molecule has 2 aromatic heterocycles. The van der Waals surface area contributed by atoms with Gasteiger partial charge in [0.2, 0.25) is 5.91 Å². The van der Waals surface area contributed by atoms with Crippen LogP contribution in [0.2, 0.25) is 0 Å². The van der Waals surface area contributed by atoms with Gasteiger partial charge in [-0.3, -0.25) is 4.79 Å². The zero-order chi connectivity index (χ0) is 19.3. The molecule has 0 unspecified atom stereocenters. The number of anilines is 1. The van der Waals surface area contributed by atoms with Gasteiger partial charge in [0.25, 0.3) is 0 Å². The van der Waals surface area contributed by atoms with Crippen LogP contribution < -0.4 is 9.88 Å². The number of aromatic amines is 1. The Kier molecular flexibility index (Phi) is 5.73. The van der Waals surface area contributed by atoms with E-state index in [1.54, 1.807) is 12.3 Å². The number of carbonyl (C=O) groups is 1. The number of rotatable bonds is 6. The van der Waals surface area contributed by atoms with E-state index in [2.05, 4.69) is 54.0 Å². The van der Waals surface area contributed by atoms with Crippen molar-refractivity contribution in [3.8, 4) is 0 Å². The van der Waals surface area contributed by atoms with Crippen molar-refractivity contribution in [2.45, 2.75) is 11.7 Å². The van der Waals surface area contributed by atoms with Crippen LogP contribution in [0.3, 0.4) is 0 Å². The SMILES string of the molecule is O=C(CSc1[nH]c2ccccc2[n+]1Cc1ccccc1)Nc1ccc(Br)cn1. The second kappa shape index (κ2) is 8.58. The van der Waals surface area contributed by atoms with E-state index in [1.165, 1.54) is 17.3 Å². The summed E-state index contributed by atoms with van der Waals surface area (Å²) in [5, 5.41) is 3.78. The van der Waals surface area contributed by atoms with Crippen molar-refractivity contribution in [3.63, 3.8) is 0 Å². The first-order valence-electron chi connectivity index (χ1n) is 8.78.